The van der Waals surface area contributed by atoms with Gasteiger partial charge in [-0.3, -0.25) is 4.79 Å². The van der Waals surface area contributed by atoms with Crippen LogP contribution in [-0.2, 0) is 4.79 Å². The minimum atomic E-state index is -0.226. The van der Waals surface area contributed by atoms with Gasteiger partial charge in [-0.25, -0.2) is 4.98 Å². The van der Waals surface area contributed by atoms with E-state index in [2.05, 4.69) is 36.3 Å². The summed E-state index contributed by atoms with van der Waals surface area (Å²) in [6.07, 6.45) is 1.07. The van der Waals surface area contributed by atoms with Crippen molar-refractivity contribution in [3.8, 4) is 17.2 Å². The van der Waals surface area contributed by atoms with Gasteiger partial charge in [-0.1, -0.05) is 32.0 Å². The minimum absolute atomic E-state index is 0.0615. The molecule has 164 valence electrons. The van der Waals surface area contributed by atoms with Crippen LogP contribution in [0.15, 0.2) is 65.1 Å². The highest BCUT2D eigenvalue weighted by atomic mass is 16.5. The molecule has 0 saturated heterocycles. The Morgan fingerprint density at radius 3 is 2.69 bits per heavy atom. The number of carbonyl (C=O) groups excluding carboxylic acids is 1. The lowest BCUT2D eigenvalue weighted by Gasteiger charge is -2.09. The summed E-state index contributed by atoms with van der Waals surface area (Å²) < 4.78 is 11.6. The molecule has 1 atom stereocenters. The third kappa shape index (κ3) is 4.83. The number of aromatic nitrogens is 1. The minimum Gasteiger partial charge on any atom is -0.484 e. The van der Waals surface area contributed by atoms with Crippen LogP contribution in [-0.4, -0.2) is 17.5 Å². The highest BCUT2D eigenvalue weighted by Gasteiger charge is 2.12. The normalized spacial score (nSPS) is 12.0. The summed E-state index contributed by atoms with van der Waals surface area (Å²) >= 11 is 0. The molecule has 0 fully saturated rings. The number of hydrogen-bond acceptors (Lipinski definition) is 4. The highest BCUT2D eigenvalue weighted by molar-refractivity contribution is 5.92. The summed E-state index contributed by atoms with van der Waals surface area (Å²) in [5, 5.41) is 2.88. The smallest absolute Gasteiger partial charge is 0.262 e. The van der Waals surface area contributed by atoms with Gasteiger partial charge in [0.2, 0.25) is 5.89 Å². The van der Waals surface area contributed by atoms with E-state index in [-0.39, 0.29) is 12.5 Å². The number of nitrogens with one attached hydrogen (secondary N) is 1. The number of benzene rings is 3. The lowest BCUT2D eigenvalue weighted by Crippen LogP contribution is -2.20. The summed E-state index contributed by atoms with van der Waals surface area (Å²) in [4.78, 5) is 17.0. The number of fused-ring (bicyclic) bond motifs is 1. The number of amides is 1. The van der Waals surface area contributed by atoms with Gasteiger partial charge in [0, 0.05) is 11.3 Å². The Morgan fingerprint density at radius 2 is 1.91 bits per heavy atom. The maximum atomic E-state index is 12.4. The third-order valence-electron chi connectivity index (χ3n) is 5.83. The zero-order chi connectivity index (χ0) is 22.7. The Morgan fingerprint density at radius 1 is 1.06 bits per heavy atom. The molecule has 4 aromatic rings. The Kier molecular flexibility index (Phi) is 6.26. The Hall–Kier alpha value is -3.60. The maximum Gasteiger partial charge on any atom is 0.262 e. The van der Waals surface area contributed by atoms with Crippen LogP contribution in [0.4, 0.5) is 5.69 Å². The van der Waals surface area contributed by atoms with Gasteiger partial charge in [0.15, 0.2) is 12.2 Å². The lowest BCUT2D eigenvalue weighted by molar-refractivity contribution is -0.118. The summed E-state index contributed by atoms with van der Waals surface area (Å²) in [5.74, 6) is 1.46. The summed E-state index contributed by atoms with van der Waals surface area (Å²) in [7, 11) is 0. The predicted octanol–water partition coefficient (Wildman–Crippen LogP) is 6.64. The number of hydrogen-bond donors (Lipinski definition) is 1. The molecule has 5 heteroatoms. The van der Waals surface area contributed by atoms with Crippen molar-refractivity contribution in [2.24, 2.45) is 0 Å². The standard InChI is InChI=1S/C27H28N2O3/c1-5-17(2)20-10-12-25-24(15-20)29-27(32-25)21-7-6-8-22(14-21)28-26(30)16-31-23-11-9-18(3)19(4)13-23/h6-15,17H,5,16H2,1-4H3,(H,28,30)/t17-/m0/s1. The average Bonchev–Trinajstić information content (AvgIpc) is 3.23. The van der Waals surface area contributed by atoms with Gasteiger partial charge < -0.3 is 14.5 Å². The number of oxazole rings is 1. The first-order chi connectivity index (χ1) is 15.4. The fourth-order valence-electron chi connectivity index (χ4n) is 3.49. The van der Waals surface area contributed by atoms with Gasteiger partial charge in [0.25, 0.3) is 5.91 Å². The second-order valence-electron chi connectivity index (χ2n) is 8.22. The molecule has 0 aliphatic heterocycles. The molecule has 4 rings (SSSR count). The van der Waals surface area contributed by atoms with E-state index in [9.17, 15) is 4.79 Å². The number of rotatable bonds is 7. The molecule has 1 amide bonds. The number of anilines is 1. The van der Waals surface area contributed by atoms with E-state index < -0.39 is 0 Å². The molecule has 5 nitrogen and oxygen atoms in total. The van der Waals surface area contributed by atoms with Gasteiger partial charge in [0.05, 0.1) is 0 Å². The predicted molar refractivity (Wildman–Crippen MR) is 128 cm³/mol. The van der Waals surface area contributed by atoms with Crippen molar-refractivity contribution in [1.29, 1.82) is 0 Å². The van der Waals surface area contributed by atoms with Crippen molar-refractivity contribution < 1.29 is 13.9 Å². The second kappa shape index (κ2) is 9.27. The average molecular weight is 429 g/mol. The first-order valence-electron chi connectivity index (χ1n) is 10.9. The highest BCUT2D eigenvalue weighted by Crippen LogP contribution is 2.29. The van der Waals surface area contributed by atoms with Crippen LogP contribution in [0.2, 0.25) is 0 Å². The van der Waals surface area contributed by atoms with Crippen LogP contribution in [0.25, 0.3) is 22.6 Å². The monoisotopic (exact) mass is 428 g/mol. The Balaban J connectivity index is 1.46. The summed E-state index contributed by atoms with van der Waals surface area (Å²) in [6, 6.07) is 19.4. The van der Waals surface area contributed by atoms with Crippen LogP contribution >= 0.6 is 0 Å². The van der Waals surface area contributed by atoms with E-state index in [0.717, 1.165) is 28.6 Å². The van der Waals surface area contributed by atoms with Crippen molar-refractivity contribution in [2.45, 2.75) is 40.0 Å². The van der Waals surface area contributed by atoms with Crippen LogP contribution in [0, 0.1) is 13.8 Å². The van der Waals surface area contributed by atoms with Crippen molar-refractivity contribution >= 4 is 22.7 Å². The molecule has 0 aliphatic carbocycles. The molecule has 0 unspecified atom stereocenters. The van der Waals surface area contributed by atoms with E-state index in [1.807, 2.05) is 62.4 Å². The number of carbonyl (C=O) groups is 1. The van der Waals surface area contributed by atoms with E-state index in [0.29, 0.717) is 23.2 Å². The topological polar surface area (TPSA) is 64.4 Å². The first kappa shape index (κ1) is 21.6. The number of ether oxygens (including phenoxy) is 1. The lowest BCUT2D eigenvalue weighted by atomic mass is 9.98. The molecule has 0 aliphatic rings. The van der Waals surface area contributed by atoms with E-state index >= 15 is 0 Å². The molecule has 1 N–H and O–H groups in total. The molecule has 32 heavy (non-hydrogen) atoms. The molecule has 3 aromatic carbocycles. The fraction of sp³-hybridized carbons (Fsp3) is 0.259. The van der Waals surface area contributed by atoms with Crippen LogP contribution in [0.3, 0.4) is 0 Å². The van der Waals surface area contributed by atoms with Gasteiger partial charge in [0.1, 0.15) is 11.3 Å². The van der Waals surface area contributed by atoms with Gasteiger partial charge in [-0.2, -0.15) is 0 Å². The number of nitrogens with zero attached hydrogens (tertiary/aromatic N) is 1. The van der Waals surface area contributed by atoms with Crippen LogP contribution < -0.4 is 10.1 Å². The first-order valence-corrected chi connectivity index (χ1v) is 10.9. The zero-order valence-electron chi connectivity index (χ0n) is 18.9. The quantitative estimate of drug-likeness (QED) is 0.358. The van der Waals surface area contributed by atoms with Gasteiger partial charge in [-0.05, 0) is 85.3 Å². The fourth-order valence-corrected chi connectivity index (χ4v) is 3.49. The zero-order valence-corrected chi connectivity index (χ0v) is 18.9. The molecular formula is C27H28N2O3. The molecule has 1 heterocycles. The molecule has 0 bridgehead atoms. The van der Waals surface area contributed by atoms with E-state index in [1.165, 1.54) is 11.1 Å². The summed E-state index contributed by atoms with van der Waals surface area (Å²) in [5.41, 5.74) is 6.64. The Bertz CT molecular complexity index is 1260. The Labute approximate surface area is 188 Å². The van der Waals surface area contributed by atoms with Crippen LogP contribution in [0.1, 0.15) is 42.9 Å². The van der Waals surface area contributed by atoms with Crippen molar-refractivity contribution in [3.63, 3.8) is 0 Å². The largest absolute Gasteiger partial charge is 0.484 e. The van der Waals surface area contributed by atoms with Gasteiger partial charge >= 0.3 is 0 Å². The molecule has 0 saturated carbocycles. The van der Waals surface area contributed by atoms with Gasteiger partial charge in [-0.15, -0.1) is 0 Å². The molecule has 0 spiro atoms. The van der Waals surface area contributed by atoms with Crippen molar-refractivity contribution in [1.82, 2.24) is 4.98 Å². The summed E-state index contributed by atoms with van der Waals surface area (Å²) in [6.45, 7) is 8.38. The molecule has 0 radical (unpaired) electrons. The van der Waals surface area contributed by atoms with Crippen LogP contribution in [0.5, 0.6) is 5.75 Å². The van der Waals surface area contributed by atoms with Crippen molar-refractivity contribution in [2.75, 3.05) is 11.9 Å². The third-order valence-corrected chi connectivity index (χ3v) is 5.83. The molecular weight excluding hydrogens is 400 g/mol. The number of aryl methyl sites for hydroxylation is 2. The van der Waals surface area contributed by atoms with E-state index in [4.69, 9.17) is 9.15 Å². The van der Waals surface area contributed by atoms with E-state index in [1.54, 1.807) is 0 Å². The van der Waals surface area contributed by atoms with Crippen molar-refractivity contribution in [3.05, 3.63) is 77.4 Å². The maximum absolute atomic E-state index is 12.4. The molecule has 1 aromatic heterocycles. The SMILES string of the molecule is CC[C@H](C)c1ccc2oc(-c3cccc(NC(=O)COc4ccc(C)c(C)c4)c3)nc2c1. The second-order valence-corrected chi connectivity index (χ2v) is 8.22.